The maximum Gasteiger partial charge on any atom is 0.246 e. The van der Waals surface area contributed by atoms with Crippen LogP contribution in [0.5, 0.6) is 0 Å². The zero-order chi connectivity index (χ0) is 12.8. The zero-order valence-electron chi connectivity index (χ0n) is 11.4. The molecule has 2 heteroatoms. The van der Waals surface area contributed by atoms with E-state index in [1.54, 1.807) is 0 Å². The molecule has 1 rings (SSSR count). The first-order valence-corrected chi connectivity index (χ1v) is 6.96. The van der Waals surface area contributed by atoms with Crippen molar-refractivity contribution < 1.29 is 4.43 Å². The third kappa shape index (κ3) is 3.43. The molecule has 0 saturated heterocycles. The minimum absolute atomic E-state index is 0.594. The molecule has 3 radical (unpaired) electrons. The molecule has 0 aliphatic heterocycles. The third-order valence-electron chi connectivity index (χ3n) is 3.71. The number of hydrogen-bond acceptors (Lipinski definition) is 1. The Balaban J connectivity index is 3.23. The maximum atomic E-state index is 5.14. The summed E-state index contributed by atoms with van der Waals surface area (Å²) in [5, 5.41) is 0. The van der Waals surface area contributed by atoms with Gasteiger partial charge in [0, 0.05) is 0 Å². The first-order valence-electron chi connectivity index (χ1n) is 6.55. The summed E-state index contributed by atoms with van der Waals surface area (Å²) in [6.45, 7) is 9.74. The van der Waals surface area contributed by atoms with Gasteiger partial charge in [-0.25, -0.2) is 0 Å². The third-order valence-corrected chi connectivity index (χ3v) is 3.85. The summed E-state index contributed by atoms with van der Waals surface area (Å²) in [6, 6.07) is 6.59. The van der Waals surface area contributed by atoms with E-state index in [9.17, 15) is 0 Å². The Morgan fingerprint density at radius 1 is 1.12 bits per heavy atom. The van der Waals surface area contributed by atoms with Crippen LogP contribution in [0.25, 0.3) is 0 Å². The fraction of sp³-hybridized carbons (Fsp3) is 0.600. The van der Waals surface area contributed by atoms with E-state index in [-0.39, 0.29) is 0 Å². The average molecular weight is 247 g/mol. The molecule has 0 aliphatic rings. The Bertz CT molecular complexity index is 349. The van der Waals surface area contributed by atoms with Gasteiger partial charge < -0.3 is 4.43 Å². The van der Waals surface area contributed by atoms with Crippen molar-refractivity contribution in [2.45, 2.75) is 59.0 Å². The van der Waals surface area contributed by atoms with Gasteiger partial charge in [0.15, 0.2) is 0 Å². The molecule has 2 atom stereocenters. The fourth-order valence-corrected chi connectivity index (χ4v) is 2.45. The van der Waals surface area contributed by atoms with Crippen molar-refractivity contribution in [3.63, 3.8) is 0 Å². The van der Waals surface area contributed by atoms with Gasteiger partial charge in [0.1, 0.15) is 0 Å². The lowest BCUT2D eigenvalue weighted by molar-refractivity contribution is 0.335. The van der Waals surface area contributed by atoms with Crippen molar-refractivity contribution in [2.24, 2.45) is 0 Å². The number of benzene rings is 1. The molecule has 0 saturated carbocycles. The highest BCUT2D eigenvalue weighted by molar-refractivity contribution is 5.97. The molecular weight excluding hydrogens is 224 g/mol. The van der Waals surface area contributed by atoms with Crippen LogP contribution >= 0.6 is 0 Å². The quantitative estimate of drug-likeness (QED) is 0.681. The van der Waals surface area contributed by atoms with Gasteiger partial charge in [-0.05, 0) is 41.4 Å². The van der Waals surface area contributed by atoms with Gasteiger partial charge in [-0.2, -0.15) is 0 Å². The minimum atomic E-state index is 0.594. The molecule has 0 N–H and O–H groups in total. The van der Waals surface area contributed by atoms with E-state index in [1.165, 1.54) is 29.5 Å². The summed E-state index contributed by atoms with van der Waals surface area (Å²) in [5.74, 6) is 1.21. The molecule has 0 heterocycles. The monoisotopic (exact) mass is 247 g/mol. The largest absolute Gasteiger partial charge is 0.414 e. The van der Waals surface area contributed by atoms with Crippen LogP contribution < -0.4 is 0 Å². The van der Waals surface area contributed by atoms with Gasteiger partial charge in [0.25, 0.3) is 0 Å². The van der Waals surface area contributed by atoms with Crippen LogP contribution in [0.1, 0.15) is 69.1 Å². The molecule has 0 fully saturated rings. The average Bonchev–Trinajstić information content (AvgIpc) is 2.37. The summed E-state index contributed by atoms with van der Waals surface area (Å²) < 4.78 is 5.14. The van der Waals surface area contributed by atoms with Crippen LogP contribution in [-0.4, -0.2) is 10.5 Å². The molecule has 1 nitrogen and oxygen atoms in total. The van der Waals surface area contributed by atoms with E-state index in [0.29, 0.717) is 18.4 Å². The summed E-state index contributed by atoms with van der Waals surface area (Å²) in [6.07, 6.45) is 2.35. The second kappa shape index (κ2) is 6.97. The molecule has 0 amide bonds. The first-order chi connectivity index (χ1) is 8.15. The van der Waals surface area contributed by atoms with Gasteiger partial charge in [0.2, 0.25) is 10.5 Å². The van der Waals surface area contributed by atoms with Crippen LogP contribution in [0, 0.1) is 0 Å². The molecule has 17 heavy (non-hydrogen) atoms. The van der Waals surface area contributed by atoms with Crippen LogP contribution in [-0.2, 0) is 11.0 Å². The highest BCUT2D eigenvalue weighted by atomic mass is 28.2. The minimum Gasteiger partial charge on any atom is -0.414 e. The van der Waals surface area contributed by atoms with Crippen molar-refractivity contribution in [1.29, 1.82) is 0 Å². The topological polar surface area (TPSA) is 9.23 Å². The molecule has 0 spiro atoms. The first kappa shape index (κ1) is 14.5. The lowest BCUT2D eigenvalue weighted by atomic mass is 9.84. The molecule has 1 aromatic carbocycles. The van der Waals surface area contributed by atoms with Crippen LogP contribution in [0.2, 0.25) is 0 Å². The molecule has 0 aliphatic carbocycles. The number of rotatable bonds is 6. The second-order valence-electron chi connectivity index (χ2n) is 4.83. The molecule has 2 unspecified atom stereocenters. The molecule has 93 valence electrons. The van der Waals surface area contributed by atoms with Gasteiger partial charge in [-0.3, -0.25) is 0 Å². The van der Waals surface area contributed by atoms with Crippen LogP contribution in [0.3, 0.4) is 0 Å². The molecular formula is C15H23OSi. The Hall–Kier alpha value is -0.603. The van der Waals surface area contributed by atoms with Gasteiger partial charge in [0.05, 0.1) is 6.61 Å². The van der Waals surface area contributed by atoms with Crippen molar-refractivity contribution in [3.8, 4) is 0 Å². The zero-order valence-corrected chi connectivity index (χ0v) is 12.4. The second-order valence-corrected chi connectivity index (χ2v) is 5.12. The lowest BCUT2D eigenvalue weighted by Gasteiger charge is -2.22. The highest BCUT2D eigenvalue weighted by Gasteiger charge is 2.16. The summed E-state index contributed by atoms with van der Waals surface area (Å²) in [4.78, 5) is 0. The van der Waals surface area contributed by atoms with Gasteiger partial charge >= 0.3 is 0 Å². The fourth-order valence-electron chi connectivity index (χ4n) is 2.29. The van der Waals surface area contributed by atoms with E-state index < -0.39 is 0 Å². The van der Waals surface area contributed by atoms with Crippen LogP contribution in [0.4, 0.5) is 0 Å². The number of hydrogen-bond donors (Lipinski definition) is 0. The van der Waals surface area contributed by atoms with Crippen molar-refractivity contribution in [3.05, 3.63) is 34.9 Å². The van der Waals surface area contributed by atoms with E-state index in [4.69, 9.17) is 4.43 Å². The Morgan fingerprint density at radius 2 is 1.76 bits per heavy atom. The standard InChI is InChI=1S/C15H23OSi/c1-5-11(3)14-9-7-8-13(10-16-17)15(14)12(4)6-2/h7-9,11-12H,5-6,10H2,1-4H3. The molecule has 0 bridgehead atoms. The maximum absolute atomic E-state index is 5.14. The molecule has 0 aromatic heterocycles. The van der Waals surface area contributed by atoms with E-state index in [2.05, 4.69) is 56.4 Å². The van der Waals surface area contributed by atoms with Gasteiger partial charge in [-0.1, -0.05) is 45.9 Å². The Morgan fingerprint density at radius 3 is 2.29 bits per heavy atom. The van der Waals surface area contributed by atoms with Crippen LogP contribution in [0.15, 0.2) is 18.2 Å². The Kier molecular flexibility index (Phi) is 5.93. The Labute approximate surface area is 109 Å². The predicted octanol–water partition coefficient (Wildman–Crippen LogP) is 4.31. The van der Waals surface area contributed by atoms with Crippen molar-refractivity contribution >= 4 is 10.5 Å². The summed E-state index contributed by atoms with van der Waals surface area (Å²) in [7, 11) is 3.12. The normalized spacial score (nSPS) is 14.6. The molecule has 1 aromatic rings. The van der Waals surface area contributed by atoms with Crippen molar-refractivity contribution in [2.75, 3.05) is 0 Å². The van der Waals surface area contributed by atoms with E-state index in [1.807, 2.05) is 0 Å². The van der Waals surface area contributed by atoms with E-state index in [0.717, 1.165) is 0 Å². The van der Waals surface area contributed by atoms with Gasteiger partial charge in [-0.15, -0.1) is 0 Å². The summed E-state index contributed by atoms with van der Waals surface area (Å²) in [5.41, 5.74) is 4.29. The van der Waals surface area contributed by atoms with Crippen molar-refractivity contribution in [1.82, 2.24) is 0 Å². The highest BCUT2D eigenvalue weighted by Crippen LogP contribution is 2.32. The predicted molar refractivity (Wildman–Crippen MR) is 74.4 cm³/mol. The SMILES string of the molecule is CCC(C)c1cccc(CO[Si])c1C(C)CC. The smallest absolute Gasteiger partial charge is 0.246 e. The lowest BCUT2D eigenvalue weighted by Crippen LogP contribution is -2.07. The van der Waals surface area contributed by atoms with E-state index >= 15 is 0 Å². The summed E-state index contributed by atoms with van der Waals surface area (Å²) >= 11 is 0.